The number of hydrogen-bond acceptors (Lipinski definition) is 10. The predicted molar refractivity (Wildman–Crippen MR) is 295 cm³/mol. The van der Waals surface area contributed by atoms with Crippen molar-refractivity contribution in [3.8, 4) is 0 Å². The van der Waals surface area contributed by atoms with Crippen LogP contribution in [0.5, 0.6) is 0 Å². The molecule has 5 saturated carbocycles. The van der Waals surface area contributed by atoms with Crippen molar-refractivity contribution in [1.82, 2.24) is 9.80 Å². The van der Waals surface area contributed by atoms with Crippen LogP contribution < -0.4 is 5.73 Å². The van der Waals surface area contributed by atoms with Gasteiger partial charge < -0.3 is 25.2 Å². The molecule has 10 aliphatic heterocycles. The molecule has 5 spiro atoms. The number of piperidine rings is 2. The lowest BCUT2D eigenvalue weighted by Crippen LogP contribution is -2.78. The number of carbonyl (C=O) groups excluding carboxylic acids is 2. The molecule has 1 aromatic rings. The number of rotatable bonds is 4. The fraction of sp³-hybridized carbons (Fsp3) is 0.754. The van der Waals surface area contributed by atoms with E-state index in [0.29, 0.717) is 95.8 Å². The first kappa shape index (κ1) is 47.2. The van der Waals surface area contributed by atoms with E-state index in [1.165, 1.54) is 120 Å². The summed E-state index contributed by atoms with van der Waals surface area (Å²) in [6.07, 6.45) is 30.2. The van der Waals surface area contributed by atoms with Crippen molar-refractivity contribution in [2.45, 2.75) is 179 Å². The quantitative estimate of drug-likeness (QED) is 0.172. The Morgan fingerprint density at radius 3 is 2.60 bits per heavy atom. The molecule has 75 heavy (non-hydrogen) atoms. The van der Waals surface area contributed by atoms with Gasteiger partial charge in [-0.3, -0.25) is 9.69 Å². The number of esters is 2. The van der Waals surface area contributed by atoms with Crippen LogP contribution in [-0.4, -0.2) is 76.6 Å². The van der Waals surface area contributed by atoms with Crippen molar-refractivity contribution in [1.29, 1.82) is 0 Å². The molecule has 3 N–H and O–H groups in total. The monoisotopic (exact) mass is 1050 g/mol. The molecular weight excluding hydrogens is 967 g/mol. The molecule has 0 amide bonds. The molecule has 9 aliphatic carbocycles. The van der Waals surface area contributed by atoms with E-state index in [1.54, 1.807) is 22.4 Å². The molecule has 3 saturated heterocycles. The Hall–Kier alpha value is -2.66. The molecule has 0 aromatic heterocycles. The number of aryl methyl sites for hydroxylation is 1. The zero-order valence-electron chi connectivity index (χ0n) is 44.9. The highest BCUT2D eigenvalue weighted by molar-refractivity contribution is 8.76. The van der Waals surface area contributed by atoms with Crippen molar-refractivity contribution in [2.24, 2.45) is 92.5 Å². The molecule has 18 unspecified atom stereocenters. The number of benzene rings is 1. The van der Waals surface area contributed by atoms with E-state index in [-0.39, 0.29) is 47.1 Å². The molecule has 10 heterocycles. The van der Waals surface area contributed by atoms with Crippen LogP contribution >= 0.6 is 21.6 Å². The second-order valence-corrected chi connectivity index (χ2v) is 31.5. The van der Waals surface area contributed by atoms with Gasteiger partial charge >= 0.3 is 11.9 Å². The average Bonchev–Trinajstić information content (AvgIpc) is 4.22. The molecule has 8 nitrogen and oxygen atoms in total. The van der Waals surface area contributed by atoms with Crippen LogP contribution in [0.25, 0.3) is 0 Å². The Morgan fingerprint density at radius 1 is 0.853 bits per heavy atom. The van der Waals surface area contributed by atoms with Gasteiger partial charge in [0, 0.05) is 78.7 Å². The van der Waals surface area contributed by atoms with Gasteiger partial charge in [0.25, 0.3) is 0 Å². The fourth-order valence-corrected chi connectivity index (χ4v) is 26.9. The maximum atomic E-state index is 16.9. The van der Waals surface area contributed by atoms with E-state index in [2.05, 4.69) is 62.6 Å². The summed E-state index contributed by atoms with van der Waals surface area (Å²) in [5.74, 6) is 7.06. The molecule has 19 aliphatic rings. The summed E-state index contributed by atoms with van der Waals surface area (Å²) in [5.41, 5.74) is 14.4. The second-order valence-electron chi connectivity index (χ2n) is 28.9. The molecule has 18 atom stereocenters. The van der Waals surface area contributed by atoms with E-state index in [0.717, 1.165) is 62.2 Å². The summed E-state index contributed by atoms with van der Waals surface area (Å²) >= 11 is 0. The highest BCUT2D eigenvalue weighted by Crippen LogP contribution is 2.90. The minimum absolute atomic E-state index is 0.111. The van der Waals surface area contributed by atoms with Crippen molar-refractivity contribution < 1.29 is 24.2 Å². The molecule has 10 heteroatoms. The number of aliphatic hydroxyl groups is 1. The zero-order chi connectivity index (χ0) is 50.0. The van der Waals surface area contributed by atoms with Crippen LogP contribution in [0.1, 0.15) is 176 Å². The first-order chi connectivity index (χ1) is 36.6. The largest absolute Gasteiger partial charge is 0.509 e. The highest BCUT2D eigenvalue weighted by atomic mass is 33.1. The zero-order valence-corrected chi connectivity index (χ0v) is 46.5. The van der Waals surface area contributed by atoms with E-state index in [1.807, 2.05) is 0 Å². The highest BCUT2D eigenvalue weighted by Gasteiger charge is 2.94. The number of allylic oxidation sites excluding steroid dienone is 4. The van der Waals surface area contributed by atoms with E-state index in [4.69, 9.17) is 15.2 Å². The first-order valence-electron chi connectivity index (χ1n) is 31.3. The third kappa shape index (κ3) is 5.84. The third-order valence-electron chi connectivity index (χ3n) is 26.4. The fourth-order valence-electron chi connectivity index (χ4n) is 24.1. The number of ether oxygens (including phenoxy) is 2. The second kappa shape index (κ2) is 16.5. The summed E-state index contributed by atoms with van der Waals surface area (Å²) in [5, 5.41) is 13.9. The Morgan fingerprint density at radius 2 is 1.71 bits per heavy atom. The molecule has 8 fully saturated rings. The summed E-state index contributed by atoms with van der Waals surface area (Å²) in [4.78, 5) is 38.5. The molecule has 20 rings (SSSR count). The Labute approximate surface area is 454 Å². The molecule has 0 radical (unpaired) electrons. The van der Waals surface area contributed by atoms with Gasteiger partial charge in [-0.25, -0.2) is 4.79 Å². The molecular formula is C65H83N3O5S2. The van der Waals surface area contributed by atoms with Crippen molar-refractivity contribution in [2.75, 3.05) is 37.7 Å². The molecule has 400 valence electrons. The van der Waals surface area contributed by atoms with Gasteiger partial charge in [0.2, 0.25) is 0 Å². The SMILES string of the molecule is CC1CC2=C3C4C5=C6C7CC14CC1CSSCC4CCCCC4C(C=C17)CC1C64C(=O)OC(=C(O)CC(C6CCCC7(CCCC7)C6)N6CC7CC(C6)C(CC2)N3C7)C4(CC5)C12OC(=O)c1c(CCCN)cccc12. The summed E-state index contributed by atoms with van der Waals surface area (Å²) < 4.78 is 15.0. The number of hydrogen-bond donors (Lipinski definition) is 2. The standard InChI is InChI=1S/C65H83N3O5S2/c1-36-23-39-15-16-50-43-24-37-31-67(33-43)51(40-11-7-20-61(28-40)18-4-5-19-61)27-52(69)58-63-21-17-46-55-48-30-62(36,56(46)57(39)68(50)32-37)29-44-35-75-74-34-41-9-2-3-13-45(41)42(25-47(44)48)26-53(64(55,63)60(71)72-58)65(63)49-14-6-10-38(12-8-22-66)54(49)59(70)73-65/h6,10,14,25,36-37,40-45,48,50-51,53,56,69H,2-5,7-9,11-13,15-24,26-35,66H2,1H3. The first-order valence-corrected chi connectivity index (χ1v) is 33.7. The van der Waals surface area contributed by atoms with Gasteiger partial charge in [0.15, 0.2) is 11.4 Å². The van der Waals surface area contributed by atoms with Gasteiger partial charge in [-0.15, -0.1) is 0 Å². The van der Waals surface area contributed by atoms with Gasteiger partial charge in [0.05, 0.1) is 11.0 Å². The minimum atomic E-state index is -1.14. The Kier molecular flexibility index (Phi) is 10.4. The van der Waals surface area contributed by atoms with Gasteiger partial charge in [0.1, 0.15) is 11.2 Å². The Bertz CT molecular complexity index is 2810. The smallest absolute Gasteiger partial charge is 0.339 e. The molecule has 16 bridgehead atoms. The van der Waals surface area contributed by atoms with E-state index < -0.39 is 16.4 Å². The van der Waals surface area contributed by atoms with Crippen LogP contribution in [0.4, 0.5) is 0 Å². The normalized spacial score (nSPS) is 48.1. The average molecular weight is 1050 g/mol. The van der Waals surface area contributed by atoms with Crippen molar-refractivity contribution in [3.05, 3.63) is 80.5 Å². The lowest BCUT2D eigenvalue weighted by Gasteiger charge is -2.75. The third-order valence-corrected chi connectivity index (χ3v) is 29.0. The number of nitrogens with two attached hydrogens (primary N) is 1. The summed E-state index contributed by atoms with van der Waals surface area (Å²) in [7, 11) is 4.35. The van der Waals surface area contributed by atoms with E-state index >= 15 is 9.59 Å². The van der Waals surface area contributed by atoms with Crippen LogP contribution in [0.2, 0.25) is 0 Å². The summed E-state index contributed by atoms with van der Waals surface area (Å²) in [6.45, 7) is 6.57. The van der Waals surface area contributed by atoms with E-state index in [9.17, 15) is 5.11 Å². The van der Waals surface area contributed by atoms with Crippen molar-refractivity contribution >= 4 is 33.5 Å². The van der Waals surface area contributed by atoms with Crippen LogP contribution in [0, 0.1) is 86.8 Å². The van der Waals surface area contributed by atoms with Crippen molar-refractivity contribution in [3.63, 3.8) is 0 Å². The van der Waals surface area contributed by atoms with Gasteiger partial charge in [-0.1, -0.05) is 102 Å². The number of carbonyl (C=O) groups is 2. The number of nitrogens with zero attached hydrogens (tertiary/aromatic N) is 2. The van der Waals surface area contributed by atoms with Crippen LogP contribution in [0.15, 0.2) is 63.8 Å². The number of fused-ring (bicyclic) bond motifs is 6. The molecule has 1 aromatic carbocycles. The lowest BCUT2D eigenvalue weighted by atomic mass is 9.26. The summed E-state index contributed by atoms with van der Waals surface area (Å²) in [6, 6.07) is 7.26. The van der Waals surface area contributed by atoms with Gasteiger partial charge in [-0.2, -0.15) is 0 Å². The Balaban J connectivity index is 0.964. The lowest BCUT2D eigenvalue weighted by molar-refractivity contribution is -0.284. The maximum Gasteiger partial charge on any atom is 0.339 e. The number of aliphatic hydroxyl groups excluding tert-OH is 1. The van der Waals surface area contributed by atoms with Crippen LogP contribution in [-0.2, 0) is 26.3 Å². The minimum Gasteiger partial charge on any atom is -0.509 e. The topological polar surface area (TPSA) is 105 Å². The maximum absolute atomic E-state index is 16.9. The predicted octanol–water partition coefficient (Wildman–Crippen LogP) is 13.0. The van der Waals surface area contributed by atoms with Crippen LogP contribution in [0.3, 0.4) is 0 Å². The van der Waals surface area contributed by atoms with Gasteiger partial charge in [-0.05, 0) is 191 Å².